The molecular weight excluding hydrogens is 222 g/mol. The number of hydrogen-bond acceptors (Lipinski definition) is 5. The molecule has 1 amide bonds. The van der Waals surface area contributed by atoms with Crippen molar-refractivity contribution < 1.29 is 26.4 Å². The summed E-state index contributed by atoms with van der Waals surface area (Å²) in [7, 11) is -4.18. The molecule has 0 saturated carbocycles. The maximum Gasteiger partial charge on any atom is 0.442 e. The van der Waals surface area contributed by atoms with Gasteiger partial charge in [0.1, 0.15) is 18.2 Å². The Balaban J connectivity index is 3.53. The number of rotatable bonds is 0. The quantitative estimate of drug-likeness (QED) is 0.536. The van der Waals surface area contributed by atoms with Crippen LogP contribution in [0.3, 0.4) is 0 Å². The molecule has 88 valence electrons. The zero-order valence-electron chi connectivity index (χ0n) is 9.18. The molecule has 1 rings (SSSR count). The minimum atomic E-state index is -4.18. The Morgan fingerprint density at radius 1 is 1.47 bits per heavy atom. The van der Waals surface area contributed by atoms with Crippen LogP contribution in [-0.2, 0) is 14.5 Å². The molecule has 0 aromatic carbocycles. The average molecular weight is 237 g/mol. The van der Waals surface area contributed by atoms with E-state index in [4.69, 9.17) is 0 Å². The largest absolute Gasteiger partial charge is 0.497 e. The van der Waals surface area contributed by atoms with E-state index in [-0.39, 0.29) is 6.61 Å². The van der Waals surface area contributed by atoms with Crippen molar-refractivity contribution in [2.24, 2.45) is 0 Å². The number of quaternary nitrogens is 1. The first kappa shape index (κ1) is 12.4. The second kappa shape index (κ2) is 3.16. The molecular formula is C8H15NO5S. The van der Waals surface area contributed by atoms with E-state index in [1.165, 1.54) is 27.7 Å². The van der Waals surface area contributed by atoms with Gasteiger partial charge in [-0.15, -0.1) is 12.3 Å². The van der Waals surface area contributed by atoms with Crippen molar-refractivity contribution in [3.8, 4) is 0 Å². The van der Waals surface area contributed by atoms with E-state index in [9.17, 15) is 18.3 Å². The van der Waals surface area contributed by atoms with E-state index in [1.807, 2.05) is 0 Å². The molecule has 0 spiro atoms. The monoisotopic (exact) mass is 237 g/mol. The molecule has 0 radical (unpaired) electrons. The molecule has 0 bridgehead atoms. The zero-order chi connectivity index (χ0) is 12.1. The predicted octanol–water partition coefficient (Wildman–Crippen LogP) is -0.392. The van der Waals surface area contributed by atoms with Crippen LogP contribution in [0.5, 0.6) is 0 Å². The van der Waals surface area contributed by atoms with Crippen molar-refractivity contribution in [3.63, 3.8) is 0 Å². The number of hydrogen-bond donors (Lipinski definition) is 0. The van der Waals surface area contributed by atoms with Crippen LogP contribution in [-0.4, -0.2) is 36.6 Å². The van der Waals surface area contributed by atoms with Crippen molar-refractivity contribution in [1.29, 1.82) is 0 Å². The van der Waals surface area contributed by atoms with Crippen LogP contribution in [0, 0.1) is 0 Å². The first-order chi connectivity index (χ1) is 6.57. The van der Waals surface area contributed by atoms with Gasteiger partial charge in [-0.1, -0.05) is 0 Å². The summed E-state index contributed by atoms with van der Waals surface area (Å²) in [6, 6.07) is -0.681. The summed E-state index contributed by atoms with van der Waals surface area (Å²) in [5, 5.41) is 11.2. The lowest BCUT2D eigenvalue weighted by atomic mass is 10.0. The highest BCUT2D eigenvalue weighted by Gasteiger charge is 2.63. The standard InChI is InChI=1S/C8H15NO5S/c1-6-5-14-15(12,13)9(6,7(10)11)8(2,3)4/h6H,5H2,1-4H3/t6-,9?/m1/s1. The van der Waals surface area contributed by atoms with Gasteiger partial charge in [0.2, 0.25) is 0 Å². The second-order valence-corrected chi connectivity index (χ2v) is 6.32. The van der Waals surface area contributed by atoms with E-state index in [2.05, 4.69) is 4.18 Å². The predicted molar refractivity (Wildman–Crippen MR) is 49.7 cm³/mol. The van der Waals surface area contributed by atoms with Crippen LogP contribution < -0.4 is 5.11 Å². The fourth-order valence-electron chi connectivity index (χ4n) is 2.13. The first-order valence-corrected chi connectivity index (χ1v) is 5.94. The SMILES string of the molecule is C[C@@H]1COS(=O)(=O)[N+]1(C(=O)[O-])C(C)(C)C. The number of nitrogens with zero attached hydrogens (tertiary/aromatic N) is 1. The van der Waals surface area contributed by atoms with Crippen LogP contribution >= 0.6 is 0 Å². The normalized spacial score (nSPS) is 35.3. The summed E-state index contributed by atoms with van der Waals surface area (Å²) in [6.45, 7) is 5.99. The maximum absolute atomic E-state index is 11.7. The Morgan fingerprint density at radius 2 is 1.93 bits per heavy atom. The van der Waals surface area contributed by atoms with Gasteiger partial charge in [0.15, 0.2) is 0 Å². The number of carboxylic acid groups (broad SMARTS) is 1. The molecule has 7 heteroatoms. The lowest BCUT2D eigenvalue weighted by molar-refractivity contribution is -0.822. The van der Waals surface area contributed by atoms with Gasteiger partial charge in [0.25, 0.3) is 6.09 Å². The van der Waals surface area contributed by atoms with Gasteiger partial charge in [0.05, 0.1) is 0 Å². The molecule has 0 aromatic heterocycles. The van der Waals surface area contributed by atoms with Gasteiger partial charge in [-0.05, 0) is 27.7 Å². The zero-order valence-corrected chi connectivity index (χ0v) is 10.00. The van der Waals surface area contributed by atoms with Crippen LogP contribution in [0.15, 0.2) is 0 Å². The summed E-state index contributed by atoms with van der Waals surface area (Å²) >= 11 is 0. The average Bonchev–Trinajstić information content (AvgIpc) is 2.20. The number of carbonyl (C=O) groups is 1. The van der Waals surface area contributed by atoms with E-state index in [0.29, 0.717) is 0 Å². The van der Waals surface area contributed by atoms with Crippen molar-refractivity contribution >= 4 is 16.4 Å². The molecule has 1 aliphatic heterocycles. The molecule has 0 N–H and O–H groups in total. The molecule has 1 heterocycles. The van der Waals surface area contributed by atoms with Gasteiger partial charge in [-0.2, -0.15) is 0 Å². The molecule has 1 aliphatic rings. The van der Waals surface area contributed by atoms with E-state index in [1.54, 1.807) is 0 Å². The van der Waals surface area contributed by atoms with E-state index < -0.39 is 31.9 Å². The summed E-state index contributed by atoms with van der Waals surface area (Å²) in [5.41, 5.74) is -1.03. The Labute approximate surface area is 89.3 Å². The third-order valence-electron chi connectivity index (χ3n) is 2.70. The number of amides is 1. The molecule has 2 atom stereocenters. The van der Waals surface area contributed by atoms with Crippen LogP contribution in [0.2, 0.25) is 0 Å². The van der Waals surface area contributed by atoms with Crippen molar-refractivity contribution in [2.45, 2.75) is 39.3 Å². The Bertz CT molecular complexity index is 382. The minimum absolute atomic E-state index is 0.131. The smallest absolute Gasteiger partial charge is 0.442 e. The second-order valence-electron chi connectivity index (χ2n) is 4.66. The Hall–Kier alpha value is -0.660. The summed E-state index contributed by atoms with van der Waals surface area (Å²) in [5.74, 6) is 0. The molecule has 15 heavy (non-hydrogen) atoms. The van der Waals surface area contributed by atoms with Crippen molar-refractivity contribution in [3.05, 3.63) is 0 Å². The Kier molecular flexibility index (Phi) is 2.62. The molecule has 1 saturated heterocycles. The topological polar surface area (TPSA) is 83.5 Å². The highest BCUT2D eigenvalue weighted by Crippen LogP contribution is 2.38. The molecule has 1 unspecified atom stereocenters. The van der Waals surface area contributed by atoms with Gasteiger partial charge in [-0.25, -0.2) is 4.18 Å². The summed E-state index contributed by atoms with van der Waals surface area (Å²) in [4.78, 5) is 11.2. The minimum Gasteiger partial charge on any atom is -0.497 e. The van der Waals surface area contributed by atoms with Crippen molar-refractivity contribution in [1.82, 2.24) is 0 Å². The van der Waals surface area contributed by atoms with Crippen LogP contribution in [0.25, 0.3) is 0 Å². The maximum atomic E-state index is 11.7. The highest BCUT2D eigenvalue weighted by molar-refractivity contribution is 7.81. The Morgan fingerprint density at radius 3 is 2.07 bits per heavy atom. The lowest BCUT2D eigenvalue weighted by Crippen LogP contribution is -2.71. The third-order valence-corrected chi connectivity index (χ3v) is 4.90. The molecule has 1 fully saturated rings. The fraction of sp³-hybridized carbons (Fsp3) is 0.875. The lowest BCUT2D eigenvalue weighted by Gasteiger charge is -2.43. The number of carbonyl (C=O) groups excluding carboxylic acids is 1. The van der Waals surface area contributed by atoms with Gasteiger partial charge < -0.3 is 9.90 Å². The molecule has 0 aromatic rings. The third kappa shape index (κ3) is 1.37. The van der Waals surface area contributed by atoms with E-state index in [0.717, 1.165) is 0 Å². The van der Waals surface area contributed by atoms with Crippen molar-refractivity contribution in [2.75, 3.05) is 6.61 Å². The summed E-state index contributed by atoms with van der Waals surface area (Å²) < 4.78 is 26.8. The summed E-state index contributed by atoms with van der Waals surface area (Å²) in [6.07, 6.45) is -1.65. The fourth-order valence-corrected chi connectivity index (χ4v) is 4.02. The van der Waals surface area contributed by atoms with Gasteiger partial charge in [-0.3, -0.25) is 0 Å². The first-order valence-electron chi connectivity index (χ1n) is 4.57. The van der Waals surface area contributed by atoms with Gasteiger partial charge in [0, 0.05) is 0 Å². The van der Waals surface area contributed by atoms with Crippen LogP contribution in [0.4, 0.5) is 4.79 Å². The van der Waals surface area contributed by atoms with E-state index >= 15 is 0 Å². The molecule has 0 aliphatic carbocycles. The molecule has 6 nitrogen and oxygen atoms in total. The highest BCUT2D eigenvalue weighted by atomic mass is 32.2. The van der Waals surface area contributed by atoms with Crippen LogP contribution in [0.1, 0.15) is 27.7 Å². The van der Waals surface area contributed by atoms with Gasteiger partial charge >= 0.3 is 10.3 Å².